The van der Waals surface area contributed by atoms with Crippen molar-refractivity contribution in [2.24, 2.45) is 11.8 Å². The molecule has 57 heavy (non-hydrogen) atoms. The standard InChI is InChI=1S/C43H49BFN5O6S/c1-23(2)37(48-41(52)53-7)39(51)49-16-8-9-32(49)38-46-22-30(47-38)25-19-29(45)36-33-20-26-18-27(44-55-42(3,4)43(5,6)56-44)12-14-31(26)50(33)40(54-34(36)21-25)35-15-13-28(57-35)17-24-10-11-24/h12-15,18-24,32,37,40H,8-11,16-17H2,1-7H3,(H,46,47)(H,48,52)/t32?,37-,40?/m0/s1. The zero-order valence-corrected chi connectivity index (χ0v) is 34.3. The van der Waals surface area contributed by atoms with E-state index in [0.717, 1.165) is 45.7 Å². The summed E-state index contributed by atoms with van der Waals surface area (Å²) in [7, 11) is 0.751. The lowest BCUT2D eigenvalue weighted by atomic mass is 9.78. The Morgan fingerprint density at radius 3 is 2.56 bits per heavy atom. The highest BCUT2D eigenvalue weighted by Gasteiger charge is 2.52. The number of rotatable bonds is 9. The van der Waals surface area contributed by atoms with Gasteiger partial charge in [0.2, 0.25) is 12.1 Å². The second kappa shape index (κ2) is 14.0. The third kappa shape index (κ3) is 6.73. The smallest absolute Gasteiger partial charge is 0.464 e. The molecule has 9 rings (SSSR count). The van der Waals surface area contributed by atoms with Crippen LogP contribution in [0.3, 0.4) is 0 Å². The van der Waals surface area contributed by atoms with Gasteiger partial charge in [-0.2, -0.15) is 0 Å². The van der Waals surface area contributed by atoms with E-state index in [1.165, 1.54) is 30.9 Å². The lowest BCUT2D eigenvalue weighted by Gasteiger charge is -2.32. The quantitative estimate of drug-likeness (QED) is 0.145. The lowest BCUT2D eigenvalue weighted by Crippen LogP contribution is -2.51. The number of amides is 2. The second-order valence-electron chi connectivity index (χ2n) is 17.3. The number of nitrogens with zero attached hydrogens (tertiary/aromatic N) is 3. The third-order valence-corrected chi connectivity index (χ3v) is 13.6. The van der Waals surface area contributed by atoms with E-state index >= 15 is 4.39 Å². The number of thiophene rings is 1. The highest BCUT2D eigenvalue weighted by atomic mass is 32.1. The summed E-state index contributed by atoms with van der Waals surface area (Å²) in [6.07, 6.45) is 5.62. The van der Waals surface area contributed by atoms with Crippen LogP contribution in [-0.4, -0.2) is 69.5 Å². The fourth-order valence-corrected chi connectivity index (χ4v) is 9.50. The third-order valence-electron chi connectivity index (χ3n) is 12.4. The van der Waals surface area contributed by atoms with E-state index < -0.39 is 42.5 Å². The second-order valence-corrected chi connectivity index (χ2v) is 18.5. The summed E-state index contributed by atoms with van der Waals surface area (Å²) >= 11 is 1.76. The van der Waals surface area contributed by atoms with Crippen molar-refractivity contribution in [3.05, 3.63) is 76.1 Å². The van der Waals surface area contributed by atoms with Crippen LogP contribution in [0.5, 0.6) is 5.75 Å². The number of hydrogen-bond donors (Lipinski definition) is 2. The number of likely N-dealkylation sites (tertiary alicyclic amines) is 1. The molecule has 0 spiro atoms. The highest BCUT2D eigenvalue weighted by Crippen LogP contribution is 2.48. The molecule has 1 aliphatic carbocycles. The van der Waals surface area contributed by atoms with Crippen LogP contribution < -0.4 is 15.5 Å². The number of carbonyl (C=O) groups excluding carboxylic acids is 2. The van der Waals surface area contributed by atoms with Crippen LogP contribution in [0.15, 0.2) is 54.7 Å². The minimum absolute atomic E-state index is 0.151. The van der Waals surface area contributed by atoms with Crippen molar-refractivity contribution in [1.29, 1.82) is 0 Å². The molecular weight excluding hydrogens is 744 g/mol. The number of H-pyrrole nitrogens is 1. The summed E-state index contributed by atoms with van der Waals surface area (Å²) in [4.78, 5) is 38.1. The number of imidazole rings is 1. The van der Waals surface area contributed by atoms with Gasteiger partial charge in [-0.05, 0) is 113 Å². The van der Waals surface area contributed by atoms with Crippen LogP contribution in [0.2, 0.25) is 0 Å². The van der Waals surface area contributed by atoms with Crippen molar-refractivity contribution in [2.75, 3.05) is 13.7 Å². The molecule has 2 amide bonds. The number of aromatic amines is 1. The van der Waals surface area contributed by atoms with Crippen molar-refractivity contribution in [2.45, 2.75) is 103 Å². The molecule has 2 N–H and O–H groups in total. The summed E-state index contributed by atoms with van der Waals surface area (Å²) in [5, 5.41) is 3.63. The molecule has 3 aliphatic heterocycles. The summed E-state index contributed by atoms with van der Waals surface area (Å²) in [6.45, 7) is 12.5. The Hall–Kier alpha value is -4.66. The SMILES string of the molecule is COC(=O)N[C@H](C(=O)N1CCCC1c1ncc(-c2cc(F)c3c(c2)OC(c2ccc(CC4CC4)s2)n2c-3cc3cc(B4OC(C)(C)C(C)(C)O4)ccc32)[nH]1)C(C)C. The molecule has 3 atom stereocenters. The number of alkyl carbamates (subject to hydrolysis) is 1. The molecule has 2 aromatic carbocycles. The Labute approximate surface area is 336 Å². The van der Waals surface area contributed by atoms with E-state index in [1.807, 2.05) is 59.7 Å². The molecule has 4 aliphatic rings. The van der Waals surface area contributed by atoms with Gasteiger partial charge in [0.05, 0.1) is 57.9 Å². The first-order chi connectivity index (χ1) is 27.2. The number of hydrogen-bond acceptors (Lipinski definition) is 8. The predicted octanol–water partition coefficient (Wildman–Crippen LogP) is 8.13. The Kier molecular flexibility index (Phi) is 9.32. The van der Waals surface area contributed by atoms with Crippen LogP contribution >= 0.6 is 11.3 Å². The van der Waals surface area contributed by atoms with Gasteiger partial charge in [-0.3, -0.25) is 9.36 Å². The fourth-order valence-electron chi connectivity index (χ4n) is 8.35. The van der Waals surface area contributed by atoms with Crippen LogP contribution in [0, 0.1) is 17.7 Å². The first-order valence-electron chi connectivity index (χ1n) is 20.0. The number of nitrogens with one attached hydrogen (secondary N) is 2. The van der Waals surface area contributed by atoms with Crippen LogP contribution in [0.25, 0.3) is 33.4 Å². The van der Waals surface area contributed by atoms with Gasteiger partial charge in [-0.15, -0.1) is 11.3 Å². The Morgan fingerprint density at radius 1 is 1.07 bits per heavy atom. The van der Waals surface area contributed by atoms with E-state index in [1.54, 1.807) is 22.4 Å². The normalized spacial score (nSPS) is 21.4. The van der Waals surface area contributed by atoms with Gasteiger partial charge in [0, 0.05) is 22.4 Å². The molecule has 14 heteroatoms. The first-order valence-corrected chi connectivity index (χ1v) is 20.8. The molecule has 5 aromatic rings. The van der Waals surface area contributed by atoms with Gasteiger partial charge < -0.3 is 34.0 Å². The van der Waals surface area contributed by atoms with Crippen molar-refractivity contribution in [1.82, 2.24) is 24.8 Å². The van der Waals surface area contributed by atoms with Gasteiger partial charge in [0.25, 0.3) is 0 Å². The van der Waals surface area contributed by atoms with Crippen LogP contribution in [-0.2, 0) is 25.3 Å². The summed E-state index contributed by atoms with van der Waals surface area (Å²) in [5.74, 6) is 1.03. The Balaban J connectivity index is 1.07. The monoisotopic (exact) mass is 793 g/mol. The average molecular weight is 794 g/mol. The maximum Gasteiger partial charge on any atom is 0.494 e. The minimum Gasteiger partial charge on any atom is -0.464 e. The number of fused-ring (bicyclic) bond motifs is 5. The molecule has 1 saturated carbocycles. The maximum absolute atomic E-state index is 16.7. The van der Waals surface area contributed by atoms with Crippen LogP contribution in [0.4, 0.5) is 9.18 Å². The number of methoxy groups -OCH3 is 1. The number of carbonyl (C=O) groups is 2. The van der Waals surface area contributed by atoms with Crippen molar-refractivity contribution < 1.29 is 32.8 Å². The molecule has 6 heterocycles. The number of benzene rings is 2. The van der Waals surface area contributed by atoms with E-state index in [0.29, 0.717) is 41.4 Å². The number of ether oxygens (including phenoxy) is 2. The zero-order chi connectivity index (χ0) is 40.0. The molecule has 2 saturated heterocycles. The molecule has 0 radical (unpaired) electrons. The number of halogens is 1. The molecule has 11 nitrogen and oxygen atoms in total. The van der Waals surface area contributed by atoms with Gasteiger partial charge >= 0.3 is 13.2 Å². The molecular formula is C43H49BFN5O6S. The molecule has 3 aromatic heterocycles. The van der Waals surface area contributed by atoms with Gasteiger partial charge in [-0.25, -0.2) is 14.2 Å². The number of aromatic nitrogens is 3. The maximum atomic E-state index is 16.7. The summed E-state index contributed by atoms with van der Waals surface area (Å²) in [5.41, 5.74) is 3.19. The van der Waals surface area contributed by atoms with Crippen molar-refractivity contribution in [3.8, 4) is 28.3 Å². The highest BCUT2D eigenvalue weighted by molar-refractivity contribution is 7.12. The zero-order valence-electron chi connectivity index (χ0n) is 33.5. The first kappa shape index (κ1) is 37.9. The van der Waals surface area contributed by atoms with E-state index in [2.05, 4.69) is 39.1 Å². The molecule has 3 fully saturated rings. The molecule has 0 bridgehead atoms. The average Bonchev–Trinajstić information content (AvgIpc) is 3.65. The van der Waals surface area contributed by atoms with Crippen molar-refractivity contribution >= 4 is 46.8 Å². The van der Waals surface area contributed by atoms with Crippen LogP contribution in [0.1, 0.15) is 95.1 Å². The van der Waals surface area contributed by atoms with Gasteiger partial charge in [-0.1, -0.05) is 26.0 Å². The fraction of sp³-hybridized carbons (Fsp3) is 0.465. The van der Waals surface area contributed by atoms with Gasteiger partial charge in [0.15, 0.2) is 0 Å². The van der Waals surface area contributed by atoms with E-state index in [9.17, 15) is 9.59 Å². The van der Waals surface area contributed by atoms with E-state index in [-0.39, 0.29) is 17.9 Å². The Morgan fingerprint density at radius 2 is 1.84 bits per heavy atom. The largest absolute Gasteiger partial charge is 0.494 e. The van der Waals surface area contributed by atoms with Crippen molar-refractivity contribution in [3.63, 3.8) is 0 Å². The predicted molar refractivity (Wildman–Crippen MR) is 218 cm³/mol. The molecule has 2 unspecified atom stereocenters. The van der Waals surface area contributed by atoms with Gasteiger partial charge in [0.1, 0.15) is 23.4 Å². The summed E-state index contributed by atoms with van der Waals surface area (Å²) in [6, 6.07) is 14.9. The topological polar surface area (TPSA) is 120 Å². The lowest BCUT2D eigenvalue weighted by molar-refractivity contribution is -0.135. The minimum atomic E-state index is -0.744. The van der Waals surface area contributed by atoms with E-state index in [4.69, 9.17) is 23.8 Å². The summed E-state index contributed by atoms with van der Waals surface area (Å²) < 4.78 is 43.3. The Bertz CT molecular complexity index is 2370. The molecule has 298 valence electrons.